The molecule has 0 radical (unpaired) electrons. The van der Waals surface area contributed by atoms with E-state index in [0.29, 0.717) is 12.2 Å². The van der Waals surface area contributed by atoms with Crippen LogP contribution in [-0.4, -0.2) is 44.9 Å². The Morgan fingerprint density at radius 1 is 1.12 bits per heavy atom. The summed E-state index contributed by atoms with van der Waals surface area (Å²) in [6.45, 7) is 7.69. The number of benzene rings is 2. The number of aryl methyl sites for hydroxylation is 1. The summed E-state index contributed by atoms with van der Waals surface area (Å²) in [6, 6.07) is 15.5. The lowest BCUT2D eigenvalue weighted by Crippen LogP contribution is -2.37. The van der Waals surface area contributed by atoms with E-state index in [4.69, 9.17) is 9.47 Å². The van der Waals surface area contributed by atoms with Gasteiger partial charge >= 0.3 is 0 Å². The Morgan fingerprint density at radius 2 is 1.77 bits per heavy atom. The fraction of sp³-hybridized carbons (Fsp3) is 0.381. The van der Waals surface area contributed by atoms with E-state index in [1.54, 1.807) is 0 Å². The van der Waals surface area contributed by atoms with E-state index < -0.39 is 0 Å². The Bertz CT molecular complexity index is 707. The summed E-state index contributed by atoms with van der Waals surface area (Å²) in [4.78, 5) is 14.7. The number of carbonyl (C=O) groups excluding carboxylic acids is 1. The fourth-order valence-electron chi connectivity index (χ4n) is 2.85. The van der Waals surface area contributed by atoms with E-state index in [2.05, 4.69) is 10.2 Å². The molecule has 1 atom stereocenters. The molecule has 0 aliphatic carbocycles. The third kappa shape index (κ3) is 4.99. The van der Waals surface area contributed by atoms with Crippen LogP contribution in [0.2, 0.25) is 0 Å². The van der Waals surface area contributed by atoms with Crippen LogP contribution in [0, 0.1) is 6.92 Å². The molecule has 2 aromatic rings. The highest BCUT2D eigenvalue weighted by Gasteiger charge is 2.13. The van der Waals surface area contributed by atoms with E-state index in [0.717, 1.165) is 37.7 Å². The first-order valence-corrected chi connectivity index (χ1v) is 9.05. The molecule has 1 heterocycles. The molecule has 5 heteroatoms. The Kier molecular flexibility index (Phi) is 6.12. The first kappa shape index (κ1) is 18.3. The van der Waals surface area contributed by atoms with Gasteiger partial charge in [-0.3, -0.25) is 4.79 Å². The second-order valence-corrected chi connectivity index (χ2v) is 6.64. The van der Waals surface area contributed by atoms with E-state index >= 15 is 0 Å². The lowest BCUT2D eigenvalue weighted by molar-refractivity contribution is 0.0926. The molecule has 1 aliphatic rings. The molecular weight excluding hydrogens is 328 g/mol. The van der Waals surface area contributed by atoms with Gasteiger partial charge in [-0.25, -0.2) is 0 Å². The SMILES string of the molecule is Cc1ccc(OCC(C)NC(=O)c2ccc(N3CCOCC3)cc2)cc1. The van der Waals surface area contributed by atoms with Crippen molar-refractivity contribution in [2.75, 3.05) is 37.8 Å². The summed E-state index contributed by atoms with van der Waals surface area (Å²) >= 11 is 0. The molecule has 0 bridgehead atoms. The second kappa shape index (κ2) is 8.72. The van der Waals surface area contributed by atoms with Crippen molar-refractivity contribution < 1.29 is 14.3 Å². The molecule has 1 unspecified atom stereocenters. The Morgan fingerprint density at radius 3 is 2.42 bits per heavy atom. The van der Waals surface area contributed by atoms with Gasteiger partial charge in [0.2, 0.25) is 0 Å². The molecule has 1 aliphatic heterocycles. The molecule has 3 rings (SSSR count). The number of anilines is 1. The van der Waals surface area contributed by atoms with Crippen molar-refractivity contribution in [1.82, 2.24) is 5.32 Å². The molecule has 5 nitrogen and oxygen atoms in total. The highest BCUT2D eigenvalue weighted by molar-refractivity contribution is 5.94. The van der Waals surface area contributed by atoms with Crippen LogP contribution in [0.25, 0.3) is 0 Å². The first-order valence-electron chi connectivity index (χ1n) is 9.05. The molecule has 0 spiro atoms. The fourth-order valence-corrected chi connectivity index (χ4v) is 2.85. The minimum atomic E-state index is -0.0847. The summed E-state index contributed by atoms with van der Waals surface area (Å²) in [5.74, 6) is 0.727. The maximum absolute atomic E-state index is 12.4. The Labute approximate surface area is 154 Å². The quantitative estimate of drug-likeness (QED) is 0.866. The van der Waals surface area contributed by atoms with Crippen LogP contribution < -0.4 is 15.0 Å². The minimum Gasteiger partial charge on any atom is -0.491 e. The summed E-state index contributed by atoms with van der Waals surface area (Å²) in [6.07, 6.45) is 0. The molecule has 1 saturated heterocycles. The van der Waals surface area contributed by atoms with Gasteiger partial charge in [0.15, 0.2) is 0 Å². The second-order valence-electron chi connectivity index (χ2n) is 6.64. The smallest absolute Gasteiger partial charge is 0.251 e. The largest absolute Gasteiger partial charge is 0.491 e. The van der Waals surface area contributed by atoms with E-state index in [1.165, 1.54) is 5.56 Å². The Balaban J connectivity index is 1.49. The lowest BCUT2D eigenvalue weighted by atomic mass is 10.1. The number of hydrogen-bond donors (Lipinski definition) is 1. The van der Waals surface area contributed by atoms with Gasteiger partial charge in [-0.15, -0.1) is 0 Å². The van der Waals surface area contributed by atoms with Crippen LogP contribution in [-0.2, 0) is 4.74 Å². The van der Waals surface area contributed by atoms with Crippen molar-refractivity contribution in [2.45, 2.75) is 19.9 Å². The molecular formula is C21H26N2O3. The van der Waals surface area contributed by atoms with Gasteiger partial charge in [-0.05, 0) is 50.2 Å². The van der Waals surface area contributed by atoms with Crippen LogP contribution in [0.3, 0.4) is 0 Å². The van der Waals surface area contributed by atoms with Crippen molar-refractivity contribution in [3.05, 3.63) is 59.7 Å². The standard InChI is InChI=1S/C21H26N2O3/c1-16-3-9-20(10-4-16)26-15-17(2)22-21(24)18-5-7-19(8-6-18)23-11-13-25-14-12-23/h3-10,17H,11-15H2,1-2H3,(H,22,24). The van der Waals surface area contributed by atoms with Crippen LogP contribution in [0.1, 0.15) is 22.8 Å². The van der Waals surface area contributed by atoms with Gasteiger partial charge in [-0.2, -0.15) is 0 Å². The molecule has 1 N–H and O–H groups in total. The number of amides is 1. The number of hydrogen-bond acceptors (Lipinski definition) is 4. The third-order valence-corrected chi connectivity index (χ3v) is 4.40. The highest BCUT2D eigenvalue weighted by atomic mass is 16.5. The van der Waals surface area contributed by atoms with Gasteiger partial charge in [0, 0.05) is 24.3 Å². The number of morpholine rings is 1. The van der Waals surface area contributed by atoms with E-state index in [-0.39, 0.29) is 11.9 Å². The maximum Gasteiger partial charge on any atom is 0.251 e. The van der Waals surface area contributed by atoms with Gasteiger partial charge in [-0.1, -0.05) is 17.7 Å². The summed E-state index contributed by atoms with van der Waals surface area (Å²) in [5, 5.41) is 2.98. The zero-order valence-corrected chi connectivity index (χ0v) is 15.4. The van der Waals surface area contributed by atoms with Crippen molar-refractivity contribution in [1.29, 1.82) is 0 Å². The van der Waals surface area contributed by atoms with Gasteiger partial charge < -0.3 is 19.7 Å². The zero-order chi connectivity index (χ0) is 18.4. The minimum absolute atomic E-state index is 0.0808. The van der Waals surface area contributed by atoms with Crippen LogP contribution in [0.4, 0.5) is 5.69 Å². The summed E-state index contributed by atoms with van der Waals surface area (Å²) < 4.78 is 11.1. The average molecular weight is 354 g/mol. The van der Waals surface area contributed by atoms with Crippen LogP contribution in [0.15, 0.2) is 48.5 Å². The van der Waals surface area contributed by atoms with Crippen molar-refractivity contribution >= 4 is 11.6 Å². The maximum atomic E-state index is 12.4. The van der Waals surface area contributed by atoms with E-state index in [9.17, 15) is 4.79 Å². The van der Waals surface area contributed by atoms with Gasteiger partial charge in [0.05, 0.1) is 19.3 Å². The van der Waals surface area contributed by atoms with Gasteiger partial charge in [0.1, 0.15) is 12.4 Å². The van der Waals surface area contributed by atoms with Crippen molar-refractivity contribution in [2.24, 2.45) is 0 Å². The predicted molar refractivity (Wildman–Crippen MR) is 103 cm³/mol. The monoisotopic (exact) mass is 354 g/mol. The summed E-state index contributed by atoms with van der Waals surface area (Å²) in [7, 11) is 0. The predicted octanol–water partition coefficient (Wildman–Crippen LogP) is 3.03. The van der Waals surface area contributed by atoms with Crippen LogP contribution >= 0.6 is 0 Å². The average Bonchev–Trinajstić information content (AvgIpc) is 2.68. The number of ether oxygens (including phenoxy) is 2. The Hall–Kier alpha value is -2.53. The van der Waals surface area contributed by atoms with Gasteiger partial charge in [0.25, 0.3) is 5.91 Å². The molecule has 1 fully saturated rings. The third-order valence-electron chi connectivity index (χ3n) is 4.40. The summed E-state index contributed by atoms with van der Waals surface area (Å²) in [5.41, 5.74) is 2.98. The lowest BCUT2D eigenvalue weighted by Gasteiger charge is -2.28. The molecule has 1 amide bonds. The molecule has 138 valence electrons. The number of nitrogens with zero attached hydrogens (tertiary/aromatic N) is 1. The molecule has 2 aromatic carbocycles. The topological polar surface area (TPSA) is 50.8 Å². The van der Waals surface area contributed by atoms with Crippen LogP contribution in [0.5, 0.6) is 5.75 Å². The number of carbonyl (C=O) groups is 1. The zero-order valence-electron chi connectivity index (χ0n) is 15.4. The first-order chi connectivity index (χ1) is 12.6. The molecule has 0 aromatic heterocycles. The highest BCUT2D eigenvalue weighted by Crippen LogP contribution is 2.17. The number of nitrogens with one attached hydrogen (secondary N) is 1. The van der Waals surface area contributed by atoms with Crippen molar-refractivity contribution in [3.63, 3.8) is 0 Å². The number of rotatable bonds is 6. The molecule has 0 saturated carbocycles. The normalized spacial score (nSPS) is 15.4. The van der Waals surface area contributed by atoms with E-state index in [1.807, 2.05) is 62.4 Å². The molecule has 26 heavy (non-hydrogen) atoms. The van der Waals surface area contributed by atoms with Crippen molar-refractivity contribution in [3.8, 4) is 5.75 Å².